The van der Waals surface area contributed by atoms with Crippen molar-refractivity contribution in [3.8, 4) is 0 Å². The van der Waals surface area contributed by atoms with Gasteiger partial charge in [-0.2, -0.15) is 0 Å². The Bertz CT molecular complexity index is 107. The van der Waals surface area contributed by atoms with E-state index in [9.17, 15) is 5.11 Å². The molecule has 2 nitrogen and oxygen atoms in total. The van der Waals surface area contributed by atoms with Crippen molar-refractivity contribution in [2.24, 2.45) is 5.92 Å². The summed E-state index contributed by atoms with van der Waals surface area (Å²) in [6.45, 7) is 1.14. The number of fused-ring (bicyclic) bond motifs is 3. The molecule has 0 aromatic rings. The SMILES string of the molecule is O[C@@H]1C[C@H]2CC[C@@H]1NC2. The zero-order valence-corrected chi connectivity index (χ0v) is 5.51. The molecule has 2 N–H and O–H groups in total. The first-order valence-electron chi connectivity index (χ1n) is 3.78. The highest BCUT2D eigenvalue weighted by Crippen LogP contribution is 2.28. The molecular weight excluding hydrogens is 114 g/mol. The summed E-state index contributed by atoms with van der Waals surface area (Å²) in [6, 6.07) is 0.426. The van der Waals surface area contributed by atoms with Crippen molar-refractivity contribution in [3.63, 3.8) is 0 Å². The van der Waals surface area contributed by atoms with E-state index >= 15 is 0 Å². The molecule has 3 aliphatic rings. The average Bonchev–Trinajstić information content (AvgIpc) is 1.90. The van der Waals surface area contributed by atoms with Gasteiger partial charge in [0.15, 0.2) is 0 Å². The smallest absolute Gasteiger partial charge is 0.0696 e. The van der Waals surface area contributed by atoms with Gasteiger partial charge in [0.1, 0.15) is 0 Å². The first-order valence-corrected chi connectivity index (χ1v) is 3.78. The second-order valence-corrected chi connectivity index (χ2v) is 3.26. The van der Waals surface area contributed by atoms with Gasteiger partial charge in [0.25, 0.3) is 0 Å². The number of nitrogens with one attached hydrogen (secondary N) is 1. The van der Waals surface area contributed by atoms with E-state index in [1.165, 1.54) is 12.8 Å². The fourth-order valence-corrected chi connectivity index (χ4v) is 1.97. The molecule has 9 heavy (non-hydrogen) atoms. The van der Waals surface area contributed by atoms with Gasteiger partial charge in [0.05, 0.1) is 6.10 Å². The van der Waals surface area contributed by atoms with Gasteiger partial charge in [-0.25, -0.2) is 0 Å². The first kappa shape index (κ1) is 5.69. The van der Waals surface area contributed by atoms with Crippen molar-refractivity contribution in [2.45, 2.75) is 31.4 Å². The summed E-state index contributed by atoms with van der Waals surface area (Å²) in [7, 11) is 0. The molecule has 3 fully saturated rings. The van der Waals surface area contributed by atoms with Crippen molar-refractivity contribution in [3.05, 3.63) is 0 Å². The van der Waals surface area contributed by atoms with Gasteiger partial charge >= 0.3 is 0 Å². The van der Waals surface area contributed by atoms with E-state index in [0.717, 1.165) is 18.9 Å². The van der Waals surface area contributed by atoms with Gasteiger partial charge in [-0.15, -0.1) is 0 Å². The lowest BCUT2D eigenvalue weighted by Gasteiger charge is -2.40. The van der Waals surface area contributed by atoms with Crippen LogP contribution in [-0.4, -0.2) is 23.8 Å². The van der Waals surface area contributed by atoms with Crippen LogP contribution in [-0.2, 0) is 0 Å². The molecule has 2 bridgehead atoms. The summed E-state index contributed by atoms with van der Waals surface area (Å²) in [5.74, 6) is 0.769. The third kappa shape index (κ3) is 0.864. The Hall–Kier alpha value is -0.0800. The predicted octanol–water partition coefficient (Wildman–Crippen LogP) is 0.119. The van der Waals surface area contributed by atoms with Crippen LogP contribution in [0.1, 0.15) is 19.3 Å². The minimum Gasteiger partial charge on any atom is -0.391 e. The van der Waals surface area contributed by atoms with E-state index < -0.39 is 0 Å². The van der Waals surface area contributed by atoms with Gasteiger partial charge in [0, 0.05) is 6.04 Å². The fourth-order valence-electron chi connectivity index (χ4n) is 1.97. The van der Waals surface area contributed by atoms with E-state index in [0.29, 0.717) is 6.04 Å². The largest absolute Gasteiger partial charge is 0.391 e. The molecule has 2 saturated heterocycles. The maximum Gasteiger partial charge on any atom is 0.0696 e. The first-order chi connectivity index (χ1) is 4.36. The van der Waals surface area contributed by atoms with Crippen LogP contribution in [0.5, 0.6) is 0 Å². The summed E-state index contributed by atoms with van der Waals surface area (Å²) in [6.07, 6.45) is 3.51. The Morgan fingerprint density at radius 2 is 2.22 bits per heavy atom. The lowest BCUT2D eigenvalue weighted by Crippen LogP contribution is -2.52. The third-order valence-corrected chi connectivity index (χ3v) is 2.59. The van der Waals surface area contributed by atoms with Crippen LogP contribution in [0.2, 0.25) is 0 Å². The standard InChI is InChI=1S/C7H13NO/c9-7-3-5-1-2-6(7)8-4-5/h5-9H,1-4H2/t5-,6+,7-/m1/s1. The zero-order valence-electron chi connectivity index (χ0n) is 5.51. The molecular formula is C7H13NO. The fraction of sp³-hybridized carbons (Fsp3) is 1.00. The van der Waals surface area contributed by atoms with Gasteiger partial charge in [-0.05, 0) is 31.7 Å². The molecule has 2 heterocycles. The molecule has 1 saturated carbocycles. The lowest BCUT2D eigenvalue weighted by atomic mass is 9.80. The Morgan fingerprint density at radius 3 is 2.44 bits per heavy atom. The number of rotatable bonds is 0. The Kier molecular flexibility index (Phi) is 1.24. The zero-order chi connectivity index (χ0) is 6.27. The molecule has 0 unspecified atom stereocenters. The predicted molar refractivity (Wildman–Crippen MR) is 35.1 cm³/mol. The number of piperidine rings is 2. The van der Waals surface area contributed by atoms with Crippen LogP contribution in [0, 0.1) is 5.92 Å². The second kappa shape index (κ2) is 1.96. The summed E-state index contributed by atoms with van der Waals surface area (Å²) in [5.41, 5.74) is 0. The molecule has 0 spiro atoms. The lowest BCUT2D eigenvalue weighted by molar-refractivity contribution is 0.0316. The normalized spacial score (nSPS) is 49.7. The van der Waals surface area contributed by atoms with E-state index in [4.69, 9.17) is 0 Å². The van der Waals surface area contributed by atoms with E-state index in [1.807, 2.05) is 0 Å². The number of aliphatic hydroxyl groups is 1. The summed E-state index contributed by atoms with van der Waals surface area (Å²) in [4.78, 5) is 0. The molecule has 0 aromatic heterocycles. The van der Waals surface area contributed by atoms with Gasteiger partial charge in [-0.1, -0.05) is 0 Å². The molecule has 2 aliphatic heterocycles. The highest BCUT2D eigenvalue weighted by molar-refractivity contribution is 4.90. The third-order valence-electron chi connectivity index (χ3n) is 2.59. The van der Waals surface area contributed by atoms with Crippen molar-refractivity contribution in [2.75, 3.05) is 6.54 Å². The Labute approximate surface area is 55.3 Å². The maximum atomic E-state index is 9.34. The molecule has 1 aliphatic carbocycles. The highest BCUT2D eigenvalue weighted by Gasteiger charge is 2.33. The minimum absolute atomic E-state index is 0.0440. The van der Waals surface area contributed by atoms with E-state index in [-0.39, 0.29) is 6.10 Å². The monoisotopic (exact) mass is 127 g/mol. The van der Waals surface area contributed by atoms with Crippen LogP contribution in [0.4, 0.5) is 0 Å². The highest BCUT2D eigenvalue weighted by atomic mass is 16.3. The Morgan fingerprint density at radius 1 is 1.33 bits per heavy atom. The number of hydrogen-bond donors (Lipinski definition) is 2. The van der Waals surface area contributed by atoms with Crippen LogP contribution in [0.25, 0.3) is 0 Å². The summed E-state index contributed by atoms with van der Waals surface area (Å²) in [5, 5.41) is 12.7. The Balaban J connectivity index is 2.06. The van der Waals surface area contributed by atoms with Crippen LogP contribution in [0.3, 0.4) is 0 Å². The topological polar surface area (TPSA) is 32.3 Å². The van der Waals surface area contributed by atoms with Gasteiger partial charge in [-0.3, -0.25) is 0 Å². The van der Waals surface area contributed by atoms with Crippen LogP contribution in [0.15, 0.2) is 0 Å². The molecule has 52 valence electrons. The minimum atomic E-state index is -0.0440. The summed E-state index contributed by atoms with van der Waals surface area (Å²) >= 11 is 0. The van der Waals surface area contributed by atoms with Gasteiger partial charge < -0.3 is 10.4 Å². The summed E-state index contributed by atoms with van der Waals surface area (Å²) < 4.78 is 0. The van der Waals surface area contributed by atoms with Crippen molar-refractivity contribution < 1.29 is 5.11 Å². The van der Waals surface area contributed by atoms with E-state index in [2.05, 4.69) is 5.32 Å². The van der Waals surface area contributed by atoms with E-state index in [1.54, 1.807) is 0 Å². The number of hydrogen-bond acceptors (Lipinski definition) is 2. The molecule has 0 amide bonds. The number of aliphatic hydroxyl groups excluding tert-OH is 1. The second-order valence-electron chi connectivity index (χ2n) is 3.26. The van der Waals surface area contributed by atoms with Crippen molar-refractivity contribution >= 4 is 0 Å². The quantitative estimate of drug-likeness (QED) is 0.484. The molecule has 3 atom stereocenters. The molecule has 3 rings (SSSR count). The van der Waals surface area contributed by atoms with Crippen LogP contribution < -0.4 is 5.32 Å². The van der Waals surface area contributed by atoms with Crippen LogP contribution >= 0.6 is 0 Å². The maximum absolute atomic E-state index is 9.34. The van der Waals surface area contributed by atoms with Gasteiger partial charge in [0.2, 0.25) is 0 Å². The molecule has 0 aromatic carbocycles. The average molecular weight is 127 g/mol. The van der Waals surface area contributed by atoms with Crippen molar-refractivity contribution in [1.29, 1.82) is 0 Å². The molecule has 2 heteroatoms. The molecule has 0 radical (unpaired) electrons. The van der Waals surface area contributed by atoms with Crippen molar-refractivity contribution in [1.82, 2.24) is 5.32 Å².